The summed E-state index contributed by atoms with van der Waals surface area (Å²) in [6, 6.07) is 9.85. The molecule has 0 unspecified atom stereocenters. The molecule has 0 aliphatic carbocycles. The quantitative estimate of drug-likeness (QED) is 0.566. The van der Waals surface area contributed by atoms with Gasteiger partial charge < -0.3 is 21.5 Å². The summed E-state index contributed by atoms with van der Waals surface area (Å²) < 4.78 is 0. The van der Waals surface area contributed by atoms with Gasteiger partial charge in [0.15, 0.2) is 0 Å². The van der Waals surface area contributed by atoms with Crippen LogP contribution in [0.25, 0.3) is 11.4 Å². The van der Waals surface area contributed by atoms with Gasteiger partial charge >= 0.3 is 5.97 Å². The number of aromatic nitrogens is 2. The van der Waals surface area contributed by atoms with Gasteiger partial charge in [0.1, 0.15) is 17.1 Å². The first kappa shape index (κ1) is 19.0. The number of carbonyl (C=O) groups excluding carboxylic acids is 2. The van der Waals surface area contributed by atoms with E-state index in [0.717, 1.165) is 0 Å². The summed E-state index contributed by atoms with van der Waals surface area (Å²) in [7, 11) is 0. The molecule has 0 atom stereocenters. The molecule has 0 aliphatic rings. The molecule has 0 saturated heterocycles. The van der Waals surface area contributed by atoms with Crippen LogP contribution in [-0.2, 0) is 14.4 Å². The van der Waals surface area contributed by atoms with Crippen molar-refractivity contribution in [3.8, 4) is 11.4 Å². The van der Waals surface area contributed by atoms with Crippen LogP contribution in [-0.4, -0.2) is 39.4 Å². The predicted molar refractivity (Wildman–Crippen MR) is 95.2 cm³/mol. The Hall–Kier alpha value is -3.33. The van der Waals surface area contributed by atoms with Crippen LogP contribution in [0.2, 0.25) is 0 Å². The van der Waals surface area contributed by atoms with Crippen LogP contribution in [0.5, 0.6) is 0 Å². The zero-order chi connectivity index (χ0) is 19.3. The number of hydrogen-bond donors (Lipinski definition) is 4. The molecular weight excluding hydrogens is 338 g/mol. The molecule has 9 nitrogen and oxygen atoms in total. The highest BCUT2D eigenvalue weighted by Gasteiger charge is 2.36. The fourth-order valence-electron chi connectivity index (χ4n) is 1.86. The number of pyridine rings is 2. The molecule has 0 fully saturated rings. The third kappa shape index (κ3) is 4.39. The Morgan fingerprint density at radius 2 is 1.50 bits per heavy atom. The minimum atomic E-state index is -1.59. The van der Waals surface area contributed by atoms with Crippen LogP contribution in [0.4, 0.5) is 11.6 Å². The van der Waals surface area contributed by atoms with Crippen molar-refractivity contribution in [2.24, 2.45) is 11.1 Å². The van der Waals surface area contributed by atoms with E-state index < -0.39 is 17.3 Å². The van der Waals surface area contributed by atoms with Crippen LogP contribution in [0.1, 0.15) is 13.8 Å². The first-order chi connectivity index (χ1) is 12.2. The molecular formula is C17H19N5O4. The lowest BCUT2D eigenvalue weighted by Gasteiger charge is -2.18. The topological polar surface area (TPSA) is 147 Å². The second-order valence-corrected chi connectivity index (χ2v) is 5.95. The molecule has 0 aromatic carbocycles. The summed E-state index contributed by atoms with van der Waals surface area (Å²) in [5.41, 5.74) is 4.57. The van der Waals surface area contributed by atoms with E-state index in [-0.39, 0.29) is 18.3 Å². The standard InChI is InChI=1S/C17H19N5O4/c1-17(2,16(25)26)15(24)22-13-8-4-6-11(20-13)10-5-3-7-12(19-10)21-14(23)9-18/h3-8H,9,18H2,1-2H3,(H,25,26)(H,19,21,23)(H,20,22,24). The van der Waals surface area contributed by atoms with E-state index in [1.54, 1.807) is 36.4 Å². The molecule has 26 heavy (non-hydrogen) atoms. The number of carbonyl (C=O) groups is 3. The average Bonchev–Trinajstić information content (AvgIpc) is 2.61. The SMILES string of the molecule is CC(C)(C(=O)O)C(=O)Nc1cccc(-c2cccc(NC(=O)CN)n2)n1. The number of nitrogens with one attached hydrogen (secondary N) is 2. The number of rotatable bonds is 6. The highest BCUT2D eigenvalue weighted by molar-refractivity contribution is 6.07. The number of aliphatic carboxylic acids is 1. The van der Waals surface area contributed by atoms with Gasteiger partial charge in [0.05, 0.1) is 17.9 Å². The summed E-state index contributed by atoms with van der Waals surface area (Å²) >= 11 is 0. The zero-order valence-electron chi connectivity index (χ0n) is 14.3. The van der Waals surface area contributed by atoms with E-state index in [1.165, 1.54) is 13.8 Å². The van der Waals surface area contributed by atoms with Gasteiger partial charge in [0.2, 0.25) is 11.8 Å². The fourth-order valence-corrected chi connectivity index (χ4v) is 1.86. The summed E-state index contributed by atoms with van der Waals surface area (Å²) in [6.07, 6.45) is 0. The Balaban J connectivity index is 2.24. The molecule has 2 amide bonds. The highest BCUT2D eigenvalue weighted by Crippen LogP contribution is 2.21. The zero-order valence-corrected chi connectivity index (χ0v) is 14.3. The Kier molecular flexibility index (Phi) is 5.63. The summed E-state index contributed by atoms with van der Waals surface area (Å²) in [5.74, 6) is -1.79. The van der Waals surface area contributed by atoms with Crippen LogP contribution in [0.15, 0.2) is 36.4 Å². The van der Waals surface area contributed by atoms with Gasteiger partial charge in [-0.15, -0.1) is 0 Å². The average molecular weight is 357 g/mol. The molecule has 0 saturated carbocycles. The third-order valence-corrected chi connectivity index (χ3v) is 3.56. The van der Waals surface area contributed by atoms with Gasteiger partial charge in [-0.3, -0.25) is 14.4 Å². The Bertz CT molecular complexity index is 851. The maximum absolute atomic E-state index is 12.1. The van der Waals surface area contributed by atoms with Crippen molar-refractivity contribution in [2.45, 2.75) is 13.8 Å². The minimum absolute atomic E-state index is 0.162. The van der Waals surface area contributed by atoms with Crippen LogP contribution in [0.3, 0.4) is 0 Å². The number of nitrogens with zero attached hydrogens (tertiary/aromatic N) is 2. The van der Waals surface area contributed by atoms with Gasteiger partial charge in [-0.05, 0) is 38.1 Å². The second-order valence-electron chi connectivity index (χ2n) is 5.95. The highest BCUT2D eigenvalue weighted by atomic mass is 16.4. The van der Waals surface area contributed by atoms with Gasteiger partial charge in [-0.25, -0.2) is 9.97 Å². The molecule has 0 spiro atoms. The largest absolute Gasteiger partial charge is 0.480 e. The molecule has 2 rings (SSSR count). The minimum Gasteiger partial charge on any atom is -0.480 e. The molecule has 0 bridgehead atoms. The normalized spacial score (nSPS) is 10.9. The van der Waals surface area contributed by atoms with Gasteiger partial charge in [0, 0.05) is 0 Å². The monoisotopic (exact) mass is 357 g/mol. The van der Waals surface area contributed by atoms with Gasteiger partial charge in [-0.1, -0.05) is 12.1 Å². The maximum Gasteiger partial charge on any atom is 0.318 e. The van der Waals surface area contributed by atoms with Crippen LogP contribution < -0.4 is 16.4 Å². The van der Waals surface area contributed by atoms with E-state index in [0.29, 0.717) is 17.2 Å². The third-order valence-electron chi connectivity index (χ3n) is 3.56. The molecule has 136 valence electrons. The van der Waals surface area contributed by atoms with E-state index in [9.17, 15) is 14.4 Å². The number of nitrogens with two attached hydrogens (primary N) is 1. The Morgan fingerprint density at radius 3 is 1.96 bits per heavy atom. The van der Waals surface area contributed by atoms with E-state index in [1.807, 2.05) is 0 Å². The van der Waals surface area contributed by atoms with Crippen LogP contribution >= 0.6 is 0 Å². The molecule has 2 aromatic heterocycles. The number of hydrogen-bond acceptors (Lipinski definition) is 6. The van der Waals surface area contributed by atoms with Crippen LogP contribution in [0, 0.1) is 5.41 Å². The molecule has 2 heterocycles. The number of amides is 2. The summed E-state index contributed by atoms with van der Waals surface area (Å²) in [4.78, 5) is 43.2. The van der Waals surface area contributed by atoms with Crippen molar-refractivity contribution in [1.82, 2.24) is 9.97 Å². The van der Waals surface area contributed by atoms with E-state index in [4.69, 9.17) is 10.8 Å². The molecule has 0 aliphatic heterocycles. The lowest BCUT2D eigenvalue weighted by atomic mass is 9.93. The lowest BCUT2D eigenvalue weighted by molar-refractivity contribution is -0.151. The van der Waals surface area contributed by atoms with E-state index in [2.05, 4.69) is 20.6 Å². The molecule has 9 heteroatoms. The Labute approximate surface area is 149 Å². The van der Waals surface area contributed by atoms with Crippen molar-refractivity contribution in [1.29, 1.82) is 0 Å². The van der Waals surface area contributed by atoms with Gasteiger partial charge in [-0.2, -0.15) is 0 Å². The fraction of sp³-hybridized carbons (Fsp3) is 0.235. The smallest absolute Gasteiger partial charge is 0.318 e. The van der Waals surface area contributed by atoms with Crippen molar-refractivity contribution in [3.05, 3.63) is 36.4 Å². The van der Waals surface area contributed by atoms with Crippen molar-refractivity contribution < 1.29 is 19.5 Å². The maximum atomic E-state index is 12.1. The van der Waals surface area contributed by atoms with Crippen molar-refractivity contribution in [3.63, 3.8) is 0 Å². The molecule has 0 radical (unpaired) electrons. The second kappa shape index (κ2) is 7.70. The Morgan fingerprint density at radius 1 is 1.00 bits per heavy atom. The molecule has 2 aromatic rings. The summed E-state index contributed by atoms with van der Waals surface area (Å²) in [5, 5.41) is 14.1. The van der Waals surface area contributed by atoms with Gasteiger partial charge in [0.25, 0.3) is 0 Å². The van der Waals surface area contributed by atoms with Crippen molar-refractivity contribution in [2.75, 3.05) is 17.2 Å². The first-order valence-electron chi connectivity index (χ1n) is 7.73. The lowest BCUT2D eigenvalue weighted by Crippen LogP contribution is -2.38. The number of carboxylic acid groups (broad SMARTS) is 1. The predicted octanol–water partition coefficient (Wildman–Crippen LogP) is 1.09. The number of carboxylic acids is 1. The summed E-state index contributed by atoms with van der Waals surface area (Å²) in [6.45, 7) is 2.45. The molecule has 5 N–H and O–H groups in total. The number of anilines is 2. The van der Waals surface area contributed by atoms with E-state index >= 15 is 0 Å². The van der Waals surface area contributed by atoms with Crippen molar-refractivity contribution >= 4 is 29.4 Å². The first-order valence-corrected chi connectivity index (χ1v) is 7.73.